The zero-order chi connectivity index (χ0) is 21.1. The van der Waals surface area contributed by atoms with E-state index in [-0.39, 0.29) is 23.5 Å². The van der Waals surface area contributed by atoms with Gasteiger partial charge in [-0.25, -0.2) is 0 Å². The summed E-state index contributed by atoms with van der Waals surface area (Å²) in [5, 5.41) is 0. The second-order valence-corrected chi connectivity index (χ2v) is 7.94. The summed E-state index contributed by atoms with van der Waals surface area (Å²) >= 11 is 0. The van der Waals surface area contributed by atoms with Crippen molar-refractivity contribution in [3.05, 3.63) is 59.5 Å². The molecule has 2 aliphatic rings. The third kappa shape index (κ3) is 4.10. The summed E-state index contributed by atoms with van der Waals surface area (Å²) in [5.74, 6) is 0.0921. The molecule has 1 aromatic heterocycles. The molecular weight excluding hydrogens is 382 g/mol. The van der Waals surface area contributed by atoms with Gasteiger partial charge in [-0.3, -0.25) is 14.4 Å². The highest BCUT2D eigenvalue weighted by Gasteiger charge is 2.38. The molecule has 3 amide bonds. The van der Waals surface area contributed by atoms with Crippen LogP contribution in [0.2, 0.25) is 0 Å². The number of amides is 3. The fourth-order valence-electron chi connectivity index (χ4n) is 4.28. The molecule has 158 valence electrons. The maximum absolute atomic E-state index is 13.1. The van der Waals surface area contributed by atoms with E-state index in [1.54, 1.807) is 21.9 Å². The van der Waals surface area contributed by atoms with Crippen molar-refractivity contribution in [2.75, 3.05) is 32.7 Å². The Labute approximate surface area is 176 Å². The fourth-order valence-corrected chi connectivity index (χ4v) is 4.28. The Morgan fingerprint density at radius 3 is 2.40 bits per heavy atom. The lowest BCUT2D eigenvalue weighted by atomic mass is 10.1. The molecule has 2 saturated heterocycles. The number of benzene rings is 1. The second-order valence-electron chi connectivity index (χ2n) is 7.94. The van der Waals surface area contributed by atoms with Gasteiger partial charge < -0.3 is 19.1 Å². The summed E-state index contributed by atoms with van der Waals surface area (Å²) in [5.41, 5.74) is 2.15. The minimum Gasteiger partial charge on any atom is -0.459 e. The molecule has 2 aliphatic heterocycles. The largest absolute Gasteiger partial charge is 0.459 e. The van der Waals surface area contributed by atoms with Crippen molar-refractivity contribution in [2.24, 2.45) is 0 Å². The minimum absolute atomic E-state index is 0.0293. The average molecular weight is 409 g/mol. The van der Waals surface area contributed by atoms with Gasteiger partial charge in [-0.05, 0) is 43.0 Å². The second kappa shape index (κ2) is 8.73. The smallest absolute Gasteiger partial charge is 0.290 e. The van der Waals surface area contributed by atoms with Crippen LogP contribution in [0, 0.1) is 6.92 Å². The lowest BCUT2D eigenvalue weighted by Gasteiger charge is -2.37. The molecule has 3 heterocycles. The van der Waals surface area contributed by atoms with Crippen molar-refractivity contribution >= 4 is 17.7 Å². The Hall–Kier alpha value is -3.09. The van der Waals surface area contributed by atoms with Crippen LogP contribution in [0.25, 0.3) is 0 Å². The summed E-state index contributed by atoms with van der Waals surface area (Å²) in [6, 6.07) is 10.8. The van der Waals surface area contributed by atoms with Crippen molar-refractivity contribution in [1.82, 2.24) is 14.7 Å². The molecule has 2 fully saturated rings. The number of aryl methyl sites for hydroxylation is 1. The maximum Gasteiger partial charge on any atom is 0.290 e. The lowest BCUT2D eigenvalue weighted by Crippen LogP contribution is -2.55. The van der Waals surface area contributed by atoms with E-state index in [2.05, 4.69) is 0 Å². The SMILES string of the molecule is Cc1ccccc1CC(=O)N1CCN(C(=O)[C@@H]2CCCN2C(=O)c2ccco2)CC1. The van der Waals surface area contributed by atoms with Gasteiger partial charge in [0.15, 0.2) is 5.76 Å². The van der Waals surface area contributed by atoms with Crippen LogP contribution in [0.3, 0.4) is 0 Å². The molecular formula is C23H27N3O4. The number of nitrogens with zero attached hydrogens (tertiary/aromatic N) is 3. The Bertz CT molecular complexity index is 916. The van der Waals surface area contributed by atoms with E-state index in [4.69, 9.17) is 4.42 Å². The predicted molar refractivity (Wildman–Crippen MR) is 111 cm³/mol. The molecule has 1 atom stereocenters. The van der Waals surface area contributed by atoms with Gasteiger partial charge >= 0.3 is 0 Å². The number of hydrogen-bond acceptors (Lipinski definition) is 4. The Morgan fingerprint density at radius 1 is 0.967 bits per heavy atom. The zero-order valence-corrected chi connectivity index (χ0v) is 17.3. The Morgan fingerprint density at radius 2 is 1.70 bits per heavy atom. The van der Waals surface area contributed by atoms with Crippen molar-refractivity contribution in [2.45, 2.75) is 32.2 Å². The van der Waals surface area contributed by atoms with E-state index < -0.39 is 6.04 Å². The van der Waals surface area contributed by atoms with Crippen LogP contribution < -0.4 is 0 Å². The molecule has 0 bridgehead atoms. The number of carbonyl (C=O) groups is 3. The quantitative estimate of drug-likeness (QED) is 0.775. The van der Waals surface area contributed by atoms with Crippen LogP contribution in [0.1, 0.15) is 34.5 Å². The summed E-state index contributed by atoms with van der Waals surface area (Å²) in [7, 11) is 0. The van der Waals surface area contributed by atoms with Gasteiger partial charge in [0, 0.05) is 32.7 Å². The first-order chi connectivity index (χ1) is 14.5. The summed E-state index contributed by atoms with van der Waals surface area (Å²) in [6.07, 6.45) is 3.32. The summed E-state index contributed by atoms with van der Waals surface area (Å²) in [6.45, 7) is 4.61. The molecule has 0 radical (unpaired) electrons. The number of rotatable bonds is 4. The van der Waals surface area contributed by atoms with Gasteiger partial charge in [0.25, 0.3) is 5.91 Å². The molecule has 0 spiro atoms. The molecule has 7 nitrogen and oxygen atoms in total. The van der Waals surface area contributed by atoms with E-state index in [1.807, 2.05) is 36.1 Å². The van der Waals surface area contributed by atoms with E-state index in [9.17, 15) is 14.4 Å². The van der Waals surface area contributed by atoms with Gasteiger partial charge in [0.05, 0.1) is 12.7 Å². The molecule has 0 N–H and O–H groups in total. The third-order valence-electron chi connectivity index (χ3n) is 6.08. The van der Waals surface area contributed by atoms with Crippen molar-refractivity contribution in [3.63, 3.8) is 0 Å². The van der Waals surface area contributed by atoms with Crippen LogP contribution in [0.15, 0.2) is 47.1 Å². The molecule has 30 heavy (non-hydrogen) atoms. The van der Waals surface area contributed by atoms with Crippen LogP contribution in [0.5, 0.6) is 0 Å². The van der Waals surface area contributed by atoms with E-state index in [1.165, 1.54) is 6.26 Å². The summed E-state index contributed by atoms with van der Waals surface area (Å²) in [4.78, 5) is 43.7. The maximum atomic E-state index is 13.1. The van der Waals surface area contributed by atoms with Crippen LogP contribution in [-0.2, 0) is 16.0 Å². The lowest BCUT2D eigenvalue weighted by molar-refractivity contribution is -0.141. The molecule has 0 unspecified atom stereocenters. The molecule has 4 rings (SSSR count). The van der Waals surface area contributed by atoms with Crippen LogP contribution >= 0.6 is 0 Å². The first-order valence-corrected chi connectivity index (χ1v) is 10.5. The van der Waals surface area contributed by atoms with Crippen molar-refractivity contribution in [3.8, 4) is 0 Å². The van der Waals surface area contributed by atoms with Gasteiger partial charge in [-0.15, -0.1) is 0 Å². The number of furan rings is 1. The van der Waals surface area contributed by atoms with Crippen LogP contribution in [-0.4, -0.2) is 71.2 Å². The Balaban J connectivity index is 1.33. The van der Waals surface area contributed by atoms with Gasteiger partial charge in [0.2, 0.25) is 11.8 Å². The van der Waals surface area contributed by atoms with Crippen molar-refractivity contribution in [1.29, 1.82) is 0 Å². The van der Waals surface area contributed by atoms with Gasteiger partial charge in [-0.1, -0.05) is 24.3 Å². The first kappa shape index (κ1) is 20.2. The number of likely N-dealkylation sites (tertiary alicyclic amines) is 1. The molecule has 0 saturated carbocycles. The zero-order valence-electron chi connectivity index (χ0n) is 17.3. The number of carbonyl (C=O) groups excluding carboxylic acids is 3. The average Bonchev–Trinajstić information content (AvgIpc) is 3.47. The highest BCUT2D eigenvalue weighted by molar-refractivity contribution is 5.96. The first-order valence-electron chi connectivity index (χ1n) is 10.5. The fraction of sp³-hybridized carbons (Fsp3) is 0.435. The van der Waals surface area contributed by atoms with E-state index in [0.29, 0.717) is 45.6 Å². The van der Waals surface area contributed by atoms with Gasteiger partial charge in [-0.2, -0.15) is 0 Å². The Kier molecular flexibility index (Phi) is 5.88. The standard InChI is InChI=1S/C23H27N3O4/c1-17-6-2-3-7-18(17)16-21(27)24-11-13-25(14-12-24)22(28)19-8-4-10-26(19)23(29)20-9-5-15-30-20/h2-3,5-7,9,15,19H,4,8,10-14,16H2,1H3/t19-/m0/s1. The third-order valence-corrected chi connectivity index (χ3v) is 6.08. The minimum atomic E-state index is -0.447. The van der Waals surface area contributed by atoms with Crippen LogP contribution in [0.4, 0.5) is 0 Å². The topological polar surface area (TPSA) is 74.1 Å². The van der Waals surface area contributed by atoms with Crippen molar-refractivity contribution < 1.29 is 18.8 Å². The summed E-state index contributed by atoms with van der Waals surface area (Å²) < 4.78 is 5.22. The van der Waals surface area contributed by atoms with E-state index in [0.717, 1.165) is 17.5 Å². The molecule has 7 heteroatoms. The molecule has 1 aromatic carbocycles. The molecule has 0 aliphatic carbocycles. The normalized spacial score (nSPS) is 19.2. The van der Waals surface area contributed by atoms with E-state index >= 15 is 0 Å². The highest BCUT2D eigenvalue weighted by atomic mass is 16.3. The predicted octanol–water partition coefficient (Wildman–Crippen LogP) is 2.11. The molecule has 2 aromatic rings. The van der Waals surface area contributed by atoms with Gasteiger partial charge in [0.1, 0.15) is 6.04 Å². The number of hydrogen-bond donors (Lipinski definition) is 0. The number of piperazine rings is 1. The highest BCUT2D eigenvalue weighted by Crippen LogP contribution is 2.23. The monoisotopic (exact) mass is 409 g/mol.